The summed E-state index contributed by atoms with van der Waals surface area (Å²) in [4.78, 5) is 28.5. The molecule has 0 bridgehead atoms. The number of anilines is 1. The molecule has 0 spiro atoms. The molecule has 0 unspecified atom stereocenters. The number of ether oxygens (including phenoxy) is 1. The van der Waals surface area contributed by atoms with Crippen molar-refractivity contribution in [1.82, 2.24) is 9.21 Å². The van der Waals surface area contributed by atoms with E-state index in [1.165, 1.54) is 28.6 Å². The highest BCUT2D eigenvalue weighted by molar-refractivity contribution is 7.89. The number of aryl methyl sites for hydroxylation is 2. The van der Waals surface area contributed by atoms with Crippen molar-refractivity contribution in [3.8, 4) is 17.1 Å². The summed E-state index contributed by atoms with van der Waals surface area (Å²) in [5, 5.41) is 3.07. The van der Waals surface area contributed by atoms with Gasteiger partial charge in [-0.1, -0.05) is 30.3 Å². The van der Waals surface area contributed by atoms with Gasteiger partial charge in [-0.25, -0.2) is 8.42 Å². The highest BCUT2D eigenvalue weighted by Gasteiger charge is 2.27. The first-order valence-electron chi connectivity index (χ1n) is 13.0. The van der Waals surface area contributed by atoms with Crippen molar-refractivity contribution < 1.29 is 22.4 Å². The van der Waals surface area contributed by atoms with E-state index in [1.54, 1.807) is 18.2 Å². The molecule has 0 atom stereocenters. The topological polar surface area (TPSA) is 109 Å². The minimum Gasteiger partial charge on any atom is -0.476 e. The molecule has 40 heavy (non-hydrogen) atoms. The molecule has 0 radical (unpaired) electrons. The molecule has 208 valence electrons. The average Bonchev–Trinajstić information content (AvgIpc) is 2.94. The predicted molar refractivity (Wildman–Crippen MR) is 154 cm³/mol. The molecular formula is C30H31N3O6S. The Kier molecular flexibility index (Phi) is 7.75. The molecule has 2 heterocycles. The van der Waals surface area contributed by atoms with Gasteiger partial charge in [0.05, 0.1) is 10.3 Å². The average molecular weight is 562 g/mol. The van der Waals surface area contributed by atoms with Crippen LogP contribution < -0.4 is 15.5 Å². The quantitative estimate of drug-likeness (QED) is 0.363. The van der Waals surface area contributed by atoms with Gasteiger partial charge < -0.3 is 19.4 Å². The van der Waals surface area contributed by atoms with E-state index in [2.05, 4.69) is 10.2 Å². The molecule has 0 saturated carbocycles. The Hall–Kier alpha value is -3.99. The first kappa shape index (κ1) is 27.6. The van der Waals surface area contributed by atoms with Crippen LogP contribution in [0, 0.1) is 13.8 Å². The van der Waals surface area contributed by atoms with Gasteiger partial charge in [0.15, 0.2) is 12.4 Å². The Morgan fingerprint density at radius 1 is 0.950 bits per heavy atom. The SMILES string of the molecule is Cc1cc2oc(-c3ccccc3)c(OCC(=O)Nc3ccc(S(=O)(=O)N4CCN(C)CC4)cc3)c(=O)c2cc1C. The van der Waals surface area contributed by atoms with E-state index in [-0.39, 0.29) is 21.8 Å². The van der Waals surface area contributed by atoms with Crippen molar-refractivity contribution in [1.29, 1.82) is 0 Å². The largest absolute Gasteiger partial charge is 0.476 e. The molecule has 1 saturated heterocycles. The Morgan fingerprint density at radius 2 is 1.60 bits per heavy atom. The maximum Gasteiger partial charge on any atom is 0.262 e. The molecule has 1 aromatic heterocycles. The maximum absolute atomic E-state index is 13.5. The molecule has 1 aliphatic rings. The van der Waals surface area contributed by atoms with E-state index in [0.717, 1.165) is 11.1 Å². The first-order chi connectivity index (χ1) is 19.1. The van der Waals surface area contributed by atoms with Gasteiger partial charge in [-0.3, -0.25) is 9.59 Å². The zero-order valence-electron chi connectivity index (χ0n) is 22.6. The molecule has 5 rings (SSSR count). The Balaban J connectivity index is 1.33. The number of nitrogens with zero attached hydrogens (tertiary/aromatic N) is 2. The predicted octanol–water partition coefficient (Wildman–Crippen LogP) is 4.03. The van der Waals surface area contributed by atoms with Crippen molar-refractivity contribution in [2.45, 2.75) is 18.7 Å². The smallest absolute Gasteiger partial charge is 0.262 e. The lowest BCUT2D eigenvalue weighted by atomic mass is 10.0. The van der Waals surface area contributed by atoms with Crippen LogP contribution in [-0.4, -0.2) is 63.4 Å². The van der Waals surface area contributed by atoms with Crippen LogP contribution in [0.5, 0.6) is 5.75 Å². The van der Waals surface area contributed by atoms with Gasteiger partial charge in [-0.15, -0.1) is 0 Å². The zero-order valence-corrected chi connectivity index (χ0v) is 23.5. The third kappa shape index (κ3) is 5.65. The van der Waals surface area contributed by atoms with Crippen LogP contribution in [0.1, 0.15) is 11.1 Å². The fraction of sp³-hybridized carbons (Fsp3) is 0.267. The number of carbonyl (C=O) groups excluding carboxylic acids is 1. The second-order valence-electron chi connectivity index (χ2n) is 9.96. The van der Waals surface area contributed by atoms with Gasteiger partial charge >= 0.3 is 0 Å². The number of piperazine rings is 1. The van der Waals surface area contributed by atoms with Crippen LogP contribution in [0.25, 0.3) is 22.3 Å². The fourth-order valence-electron chi connectivity index (χ4n) is 4.57. The fourth-order valence-corrected chi connectivity index (χ4v) is 5.99. The summed E-state index contributed by atoms with van der Waals surface area (Å²) in [7, 11) is -1.65. The lowest BCUT2D eigenvalue weighted by Crippen LogP contribution is -2.46. The molecule has 10 heteroatoms. The molecule has 1 N–H and O–H groups in total. The van der Waals surface area contributed by atoms with Crippen molar-refractivity contribution in [3.63, 3.8) is 0 Å². The molecule has 1 amide bonds. The third-order valence-electron chi connectivity index (χ3n) is 7.09. The summed E-state index contributed by atoms with van der Waals surface area (Å²) >= 11 is 0. The van der Waals surface area contributed by atoms with E-state index >= 15 is 0 Å². The van der Waals surface area contributed by atoms with E-state index in [9.17, 15) is 18.0 Å². The number of fused-ring (bicyclic) bond motifs is 1. The highest BCUT2D eigenvalue weighted by atomic mass is 32.2. The van der Waals surface area contributed by atoms with Crippen molar-refractivity contribution in [3.05, 3.63) is 88.1 Å². The molecule has 0 aliphatic carbocycles. The molecular weight excluding hydrogens is 530 g/mol. The second kappa shape index (κ2) is 11.2. The van der Waals surface area contributed by atoms with Gasteiger partial charge in [0.1, 0.15) is 5.58 Å². The number of hydrogen-bond acceptors (Lipinski definition) is 7. The van der Waals surface area contributed by atoms with Gasteiger partial charge in [-0.05, 0) is 68.4 Å². The first-order valence-corrected chi connectivity index (χ1v) is 14.4. The van der Waals surface area contributed by atoms with Crippen LogP contribution in [0.2, 0.25) is 0 Å². The summed E-state index contributed by atoms with van der Waals surface area (Å²) in [5.41, 5.74) is 3.06. The zero-order chi connectivity index (χ0) is 28.4. The van der Waals surface area contributed by atoms with Crippen LogP contribution in [0.3, 0.4) is 0 Å². The Bertz CT molecular complexity index is 1710. The van der Waals surface area contributed by atoms with Crippen LogP contribution in [0.15, 0.2) is 80.8 Å². The number of benzene rings is 3. The monoisotopic (exact) mass is 561 g/mol. The van der Waals surface area contributed by atoms with E-state index < -0.39 is 22.5 Å². The van der Waals surface area contributed by atoms with E-state index in [4.69, 9.17) is 9.15 Å². The number of carbonyl (C=O) groups is 1. The van der Waals surface area contributed by atoms with Gasteiger partial charge in [-0.2, -0.15) is 4.31 Å². The summed E-state index contributed by atoms with van der Waals surface area (Å²) in [6.07, 6.45) is 0. The number of sulfonamides is 1. The Morgan fingerprint density at radius 3 is 2.27 bits per heavy atom. The number of nitrogens with one attached hydrogen (secondary N) is 1. The summed E-state index contributed by atoms with van der Waals surface area (Å²) in [6, 6.07) is 18.7. The van der Waals surface area contributed by atoms with Crippen molar-refractivity contribution in [2.75, 3.05) is 45.2 Å². The minimum atomic E-state index is -3.61. The van der Waals surface area contributed by atoms with Gasteiger partial charge in [0, 0.05) is 37.4 Å². The van der Waals surface area contributed by atoms with Gasteiger partial charge in [0.2, 0.25) is 21.2 Å². The standard InChI is InChI=1S/C30H31N3O6S/c1-20-17-25-26(18-21(20)2)39-29(22-7-5-4-6-8-22)30(28(25)35)38-19-27(34)31-23-9-11-24(12-10-23)40(36,37)33-15-13-32(3)14-16-33/h4-12,17-18H,13-16,19H2,1-3H3,(H,31,34). The molecule has 4 aromatic rings. The number of amides is 1. The van der Waals surface area contributed by atoms with Gasteiger partial charge in [0.25, 0.3) is 5.91 Å². The molecule has 3 aromatic carbocycles. The molecule has 9 nitrogen and oxygen atoms in total. The summed E-state index contributed by atoms with van der Waals surface area (Å²) in [6.45, 7) is 5.63. The maximum atomic E-state index is 13.5. The molecule has 1 aliphatic heterocycles. The van der Waals surface area contributed by atoms with E-state index in [0.29, 0.717) is 48.4 Å². The van der Waals surface area contributed by atoms with Crippen LogP contribution >= 0.6 is 0 Å². The number of hydrogen-bond donors (Lipinski definition) is 1. The van der Waals surface area contributed by atoms with Crippen LogP contribution in [-0.2, 0) is 14.8 Å². The third-order valence-corrected chi connectivity index (χ3v) is 9.00. The summed E-state index contributed by atoms with van der Waals surface area (Å²) in [5.74, 6) is -0.313. The lowest BCUT2D eigenvalue weighted by molar-refractivity contribution is -0.118. The normalized spacial score (nSPS) is 14.8. The lowest BCUT2D eigenvalue weighted by Gasteiger charge is -2.31. The van der Waals surface area contributed by atoms with Crippen molar-refractivity contribution >= 4 is 32.6 Å². The highest BCUT2D eigenvalue weighted by Crippen LogP contribution is 2.32. The van der Waals surface area contributed by atoms with Crippen LogP contribution in [0.4, 0.5) is 5.69 Å². The number of likely N-dealkylation sites (N-methyl/N-ethyl adjacent to an activating group) is 1. The minimum absolute atomic E-state index is 0.0503. The van der Waals surface area contributed by atoms with E-state index in [1.807, 2.05) is 45.2 Å². The second-order valence-corrected chi connectivity index (χ2v) is 11.9. The summed E-state index contributed by atoms with van der Waals surface area (Å²) < 4.78 is 39.3. The molecule has 1 fully saturated rings. The van der Waals surface area contributed by atoms with Crippen molar-refractivity contribution in [2.24, 2.45) is 0 Å². The Labute approximate surface area is 233 Å². The number of rotatable bonds is 7.